The van der Waals surface area contributed by atoms with Crippen LogP contribution in [-0.2, 0) is 16.0 Å². The Labute approximate surface area is 237 Å². The van der Waals surface area contributed by atoms with Gasteiger partial charge in [0.25, 0.3) is 0 Å². The van der Waals surface area contributed by atoms with E-state index >= 15 is 0 Å². The van der Waals surface area contributed by atoms with Gasteiger partial charge >= 0.3 is 12.1 Å². The van der Waals surface area contributed by atoms with E-state index in [1.165, 1.54) is 4.90 Å². The minimum Gasteiger partial charge on any atom is -0.444 e. The monoisotopic (exact) mass is 550 g/mol. The van der Waals surface area contributed by atoms with Crippen LogP contribution in [0.3, 0.4) is 0 Å². The van der Waals surface area contributed by atoms with Gasteiger partial charge in [0.15, 0.2) is 0 Å². The van der Waals surface area contributed by atoms with Crippen LogP contribution in [0.5, 0.6) is 0 Å². The fraction of sp³-hybridized carbons (Fsp3) is 0.516. The summed E-state index contributed by atoms with van der Waals surface area (Å²) in [7, 11) is 0. The molecular formula is C31H42N4O5. The van der Waals surface area contributed by atoms with E-state index in [0.29, 0.717) is 31.6 Å². The van der Waals surface area contributed by atoms with E-state index < -0.39 is 23.8 Å². The first-order valence-corrected chi connectivity index (χ1v) is 14.3. The Morgan fingerprint density at radius 2 is 1.68 bits per heavy atom. The number of amides is 4. The molecule has 216 valence electrons. The standard InChI is InChI=1S/C31H42N4O5/c1-31(2,3)40-30(39)34(22-27(36)24-10-5-4-6-11-24)21-17-23-13-15-25(16-14-23)32-28(37)26-12-9-20-35(26)29(38)33-18-7-8-19-33/h4-6,10-11,13-16,26-27,36H,7-9,12,17-22H2,1-3H3,(H,32,37)/t26-,27-/m0/s1. The van der Waals surface area contributed by atoms with E-state index in [0.717, 1.165) is 43.5 Å². The lowest BCUT2D eigenvalue weighted by molar-refractivity contribution is -0.119. The summed E-state index contributed by atoms with van der Waals surface area (Å²) in [4.78, 5) is 43.9. The van der Waals surface area contributed by atoms with E-state index in [1.54, 1.807) is 4.90 Å². The summed E-state index contributed by atoms with van der Waals surface area (Å²) in [6.07, 6.45) is 2.77. The molecule has 2 saturated heterocycles. The summed E-state index contributed by atoms with van der Waals surface area (Å²) < 4.78 is 5.59. The van der Waals surface area contributed by atoms with Gasteiger partial charge in [0.1, 0.15) is 11.6 Å². The molecule has 2 aliphatic rings. The van der Waals surface area contributed by atoms with Crippen LogP contribution >= 0.6 is 0 Å². The first kappa shape index (κ1) is 29.4. The molecule has 0 bridgehead atoms. The molecule has 0 saturated carbocycles. The second-order valence-corrected chi connectivity index (χ2v) is 11.6. The van der Waals surface area contributed by atoms with Crippen LogP contribution in [0.15, 0.2) is 54.6 Å². The molecule has 2 N–H and O–H groups in total. The van der Waals surface area contributed by atoms with Gasteiger partial charge in [-0.2, -0.15) is 0 Å². The van der Waals surface area contributed by atoms with Crippen LogP contribution in [0, 0.1) is 0 Å². The molecule has 40 heavy (non-hydrogen) atoms. The summed E-state index contributed by atoms with van der Waals surface area (Å²) in [5.41, 5.74) is 1.73. The predicted octanol–water partition coefficient (Wildman–Crippen LogP) is 4.82. The molecule has 0 unspecified atom stereocenters. The third-order valence-corrected chi connectivity index (χ3v) is 7.30. The minimum absolute atomic E-state index is 0.0302. The van der Waals surface area contributed by atoms with E-state index in [-0.39, 0.29) is 18.5 Å². The fourth-order valence-corrected chi connectivity index (χ4v) is 5.18. The van der Waals surface area contributed by atoms with Gasteiger partial charge in [0.05, 0.1) is 12.6 Å². The number of nitrogens with zero attached hydrogens (tertiary/aromatic N) is 3. The van der Waals surface area contributed by atoms with Gasteiger partial charge in [0.2, 0.25) is 5.91 Å². The van der Waals surface area contributed by atoms with Crippen LogP contribution in [0.4, 0.5) is 15.3 Å². The summed E-state index contributed by atoms with van der Waals surface area (Å²) in [6, 6.07) is 16.3. The van der Waals surface area contributed by atoms with Gasteiger partial charge in [-0.05, 0) is 76.1 Å². The highest BCUT2D eigenvalue weighted by molar-refractivity contribution is 5.97. The number of hydrogen-bond donors (Lipinski definition) is 2. The Bertz CT molecular complexity index is 1140. The highest BCUT2D eigenvalue weighted by Crippen LogP contribution is 2.23. The number of benzene rings is 2. The molecule has 2 aromatic carbocycles. The molecule has 4 amide bonds. The molecule has 2 aliphatic heterocycles. The second kappa shape index (κ2) is 13.2. The van der Waals surface area contributed by atoms with Gasteiger partial charge in [-0.15, -0.1) is 0 Å². The Balaban J connectivity index is 1.34. The van der Waals surface area contributed by atoms with Crippen molar-refractivity contribution in [2.75, 3.05) is 38.0 Å². The van der Waals surface area contributed by atoms with Crippen molar-refractivity contribution in [3.63, 3.8) is 0 Å². The number of hydrogen-bond acceptors (Lipinski definition) is 5. The van der Waals surface area contributed by atoms with Crippen molar-refractivity contribution in [2.24, 2.45) is 0 Å². The number of anilines is 1. The highest BCUT2D eigenvalue weighted by atomic mass is 16.6. The van der Waals surface area contributed by atoms with Crippen molar-refractivity contribution in [3.05, 3.63) is 65.7 Å². The molecule has 2 atom stereocenters. The Morgan fingerprint density at radius 3 is 2.33 bits per heavy atom. The molecule has 0 aromatic heterocycles. The Kier molecular flexibility index (Phi) is 9.68. The van der Waals surface area contributed by atoms with Crippen molar-refractivity contribution in [3.8, 4) is 0 Å². The number of nitrogens with one attached hydrogen (secondary N) is 1. The van der Waals surface area contributed by atoms with Crippen LogP contribution < -0.4 is 5.32 Å². The van der Waals surface area contributed by atoms with Gasteiger partial charge in [-0.1, -0.05) is 42.5 Å². The molecule has 2 fully saturated rings. The summed E-state index contributed by atoms with van der Waals surface area (Å²) in [5, 5.41) is 13.7. The van der Waals surface area contributed by atoms with Crippen molar-refractivity contribution in [1.82, 2.24) is 14.7 Å². The molecule has 0 radical (unpaired) electrons. The van der Waals surface area contributed by atoms with E-state index in [4.69, 9.17) is 4.74 Å². The zero-order chi connectivity index (χ0) is 28.7. The number of ether oxygens (including phenoxy) is 1. The van der Waals surface area contributed by atoms with Crippen molar-refractivity contribution >= 4 is 23.7 Å². The molecule has 2 heterocycles. The SMILES string of the molecule is CC(C)(C)OC(=O)N(CCc1ccc(NC(=O)[C@@H]2CCCN2C(=O)N2CCCC2)cc1)C[C@H](O)c1ccccc1. The predicted molar refractivity (Wildman–Crippen MR) is 154 cm³/mol. The van der Waals surface area contributed by atoms with E-state index in [2.05, 4.69) is 5.32 Å². The number of aliphatic hydroxyl groups excluding tert-OH is 1. The first-order valence-electron chi connectivity index (χ1n) is 14.3. The maximum Gasteiger partial charge on any atom is 0.410 e. The number of urea groups is 1. The average Bonchev–Trinajstić information content (AvgIpc) is 3.64. The number of likely N-dealkylation sites (tertiary alicyclic amines) is 2. The number of rotatable bonds is 8. The van der Waals surface area contributed by atoms with Crippen LogP contribution in [-0.4, -0.2) is 82.2 Å². The lowest BCUT2D eigenvalue weighted by Crippen LogP contribution is -2.48. The minimum atomic E-state index is -0.834. The van der Waals surface area contributed by atoms with E-state index in [9.17, 15) is 19.5 Å². The molecule has 4 rings (SSSR count). The van der Waals surface area contributed by atoms with Crippen LogP contribution in [0.1, 0.15) is 63.7 Å². The molecule has 9 nitrogen and oxygen atoms in total. The molecule has 0 spiro atoms. The van der Waals surface area contributed by atoms with Crippen molar-refractivity contribution in [1.29, 1.82) is 0 Å². The van der Waals surface area contributed by atoms with Gasteiger partial charge < -0.3 is 29.9 Å². The number of carbonyl (C=O) groups excluding carboxylic acids is 3. The van der Waals surface area contributed by atoms with Gasteiger partial charge in [0, 0.05) is 31.9 Å². The zero-order valence-corrected chi connectivity index (χ0v) is 23.8. The van der Waals surface area contributed by atoms with Crippen LogP contribution in [0.2, 0.25) is 0 Å². The second-order valence-electron chi connectivity index (χ2n) is 11.6. The average molecular weight is 551 g/mol. The third-order valence-electron chi connectivity index (χ3n) is 7.30. The fourth-order valence-electron chi connectivity index (χ4n) is 5.18. The molecule has 9 heteroatoms. The lowest BCUT2D eigenvalue weighted by Gasteiger charge is -2.29. The topological polar surface area (TPSA) is 102 Å². The molecular weight excluding hydrogens is 508 g/mol. The zero-order valence-electron chi connectivity index (χ0n) is 23.8. The third kappa shape index (κ3) is 7.97. The maximum atomic E-state index is 13.0. The summed E-state index contributed by atoms with van der Waals surface area (Å²) in [5.74, 6) is -0.163. The quantitative estimate of drug-likeness (QED) is 0.491. The summed E-state index contributed by atoms with van der Waals surface area (Å²) >= 11 is 0. The van der Waals surface area contributed by atoms with E-state index in [1.807, 2.05) is 80.3 Å². The van der Waals surface area contributed by atoms with Crippen molar-refractivity contribution < 1.29 is 24.2 Å². The summed E-state index contributed by atoms with van der Waals surface area (Å²) in [6.45, 7) is 8.06. The maximum absolute atomic E-state index is 13.0. The molecule has 0 aliphatic carbocycles. The lowest BCUT2D eigenvalue weighted by atomic mass is 10.1. The largest absolute Gasteiger partial charge is 0.444 e. The Hall–Kier alpha value is -3.59. The van der Waals surface area contributed by atoms with Crippen LogP contribution in [0.25, 0.3) is 0 Å². The van der Waals surface area contributed by atoms with Gasteiger partial charge in [-0.25, -0.2) is 9.59 Å². The Morgan fingerprint density at radius 1 is 1.00 bits per heavy atom. The number of carbonyl (C=O) groups is 3. The number of aliphatic hydroxyl groups is 1. The van der Waals surface area contributed by atoms with Crippen molar-refractivity contribution in [2.45, 2.75) is 70.6 Å². The normalized spacial score (nSPS) is 17.9. The smallest absolute Gasteiger partial charge is 0.410 e. The molecule has 2 aromatic rings. The highest BCUT2D eigenvalue weighted by Gasteiger charge is 2.37. The van der Waals surface area contributed by atoms with Gasteiger partial charge in [-0.3, -0.25) is 4.79 Å². The first-order chi connectivity index (χ1) is 19.1.